The first kappa shape index (κ1) is 13.9. The number of para-hydroxylation sites is 1. The van der Waals surface area contributed by atoms with Crippen molar-refractivity contribution in [2.24, 2.45) is 0 Å². The highest BCUT2D eigenvalue weighted by atomic mass is 32.1. The van der Waals surface area contributed by atoms with Crippen molar-refractivity contribution in [3.8, 4) is 0 Å². The largest absolute Gasteiger partial charge is 0.362 e. The van der Waals surface area contributed by atoms with Crippen molar-refractivity contribution < 1.29 is 9.29 Å². The molecule has 0 aliphatic carbocycles. The van der Waals surface area contributed by atoms with Crippen LogP contribution in [-0.4, -0.2) is 32.3 Å². The van der Waals surface area contributed by atoms with Gasteiger partial charge in [-0.1, -0.05) is 12.1 Å². The molecule has 0 bridgehead atoms. The van der Waals surface area contributed by atoms with Gasteiger partial charge in [0.05, 0.1) is 26.3 Å². The van der Waals surface area contributed by atoms with Crippen molar-refractivity contribution in [2.75, 3.05) is 32.5 Å². The van der Waals surface area contributed by atoms with Crippen molar-refractivity contribution in [3.63, 3.8) is 0 Å². The molecular formula is C12H19FN3S+. The van der Waals surface area contributed by atoms with Gasteiger partial charge in [-0.3, -0.25) is 0 Å². The number of rotatable bonds is 5. The monoisotopic (exact) mass is 256 g/mol. The summed E-state index contributed by atoms with van der Waals surface area (Å²) in [4.78, 5) is 1.40. The lowest BCUT2D eigenvalue weighted by atomic mass is 10.3. The third-order valence-corrected chi connectivity index (χ3v) is 2.51. The van der Waals surface area contributed by atoms with E-state index in [4.69, 9.17) is 12.2 Å². The molecule has 17 heavy (non-hydrogen) atoms. The van der Waals surface area contributed by atoms with Crippen molar-refractivity contribution in [2.45, 2.75) is 6.42 Å². The molecule has 0 atom stereocenters. The molecule has 0 aromatic heterocycles. The van der Waals surface area contributed by atoms with Gasteiger partial charge in [0.2, 0.25) is 0 Å². The maximum atomic E-state index is 13.3. The van der Waals surface area contributed by atoms with E-state index in [1.54, 1.807) is 18.2 Å². The Balaban J connectivity index is 2.28. The SMILES string of the molecule is C[NH+](C)CCCNC(=S)Nc1ccccc1F. The predicted octanol–water partition coefficient (Wildman–Crippen LogP) is 0.647. The van der Waals surface area contributed by atoms with Crippen LogP contribution in [0.1, 0.15) is 6.42 Å². The Morgan fingerprint density at radius 2 is 2.06 bits per heavy atom. The summed E-state index contributed by atoms with van der Waals surface area (Å²) in [5.41, 5.74) is 0.406. The van der Waals surface area contributed by atoms with Gasteiger partial charge in [-0.15, -0.1) is 0 Å². The molecule has 0 saturated heterocycles. The van der Waals surface area contributed by atoms with Crippen LogP contribution in [0.2, 0.25) is 0 Å². The van der Waals surface area contributed by atoms with E-state index in [1.807, 2.05) is 0 Å². The topological polar surface area (TPSA) is 28.5 Å². The molecule has 0 fully saturated rings. The second-order valence-corrected chi connectivity index (χ2v) is 4.58. The Morgan fingerprint density at radius 1 is 1.35 bits per heavy atom. The number of quaternary nitrogens is 1. The van der Waals surface area contributed by atoms with Crippen molar-refractivity contribution >= 4 is 23.0 Å². The molecule has 0 spiro atoms. The first-order valence-corrected chi connectivity index (χ1v) is 6.09. The number of hydrogen-bond donors (Lipinski definition) is 3. The molecule has 0 saturated carbocycles. The van der Waals surface area contributed by atoms with E-state index in [0.717, 1.165) is 19.5 Å². The molecule has 0 unspecified atom stereocenters. The Bertz CT molecular complexity index is 369. The van der Waals surface area contributed by atoms with E-state index >= 15 is 0 Å². The molecule has 0 aliphatic heterocycles. The highest BCUT2D eigenvalue weighted by molar-refractivity contribution is 7.80. The zero-order valence-electron chi connectivity index (χ0n) is 10.2. The number of nitrogens with one attached hydrogen (secondary N) is 3. The number of halogens is 1. The van der Waals surface area contributed by atoms with Crippen LogP contribution in [0, 0.1) is 5.82 Å². The standard InChI is InChI=1S/C12H18FN3S/c1-16(2)9-5-8-14-12(17)15-11-7-4-3-6-10(11)13/h3-4,6-7H,5,8-9H2,1-2H3,(H2,14,15,17)/p+1. The highest BCUT2D eigenvalue weighted by Gasteiger charge is 2.02. The fourth-order valence-corrected chi connectivity index (χ4v) is 1.58. The second kappa shape index (κ2) is 7.19. The van der Waals surface area contributed by atoms with Gasteiger partial charge in [-0.05, 0) is 24.4 Å². The Morgan fingerprint density at radius 3 is 2.71 bits per heavy atom. The van der Waals surface area contributed by atoms with Gasteiger partial charge in [0.15, 0.2) is 5.11 Å². The zero-order chi connectivity index (χ0) is 12.7. The summed E-state index contributed by atoms with van der Waals surface area (Å²) in [5.74, 6) is -0.297. The number of thiocarbonyl (C=S) groups is 1. The lowest BCUT2D eigenvalue weighted by Crippen LogP contribution is -3.05. The van der Waals surface area contributed by atoms with Crippen LogP contribution in [0.25, 0.3) is 0 Å². The average Bonchev–Trinajstić information content (AvgIpc) is 2.27. The second-order valence-electron chi connectivity index (χ2n) is 4.17. The molecule has 3 N–H and O–H groups in total. The minimum Gasteiger partial charge on any atom is -0.362 e. The summed E-state index contributed by atoms with van der Waals surface area (Å²) >= 11 is 5.08. The molecule has 5 heteroatoms. The van der Waals surface area contributed by atoms with Crippen LogP contribution < -0.4 is 15.5 Å². The van der Waals surface area contributed by atoms with Gasteiger partial charge in [-0.2, -0.15) is 0 Å². The van der Waals surface area contributed by atoms with Crippen LogP contribution in [0.5, 0.6) is 0 Å². The molecule has 3 nitrogen and oxygen atoms in total. The Hall–Kier alpha value is -1.20. The van der Waals surface area contributed by atoms with E-state index in [1.165, 1.54) is 11.0 Å². The van der Waals surface area contributed by atoms with Gasteiger partial charge in [0.1, 0.15) is 5.82 Å². The van der Waals surface area contributed by atoms with Crippen LogP contribution in [0.3, 0.4) is 0 Å². The zero-order valence-corrected chi connectivity index (χ0v) is 11.0. The molecular weight excluding hydrogens is 237 g/mol. The maximum Gasteiger partial charge on any atom is 0.170 e. The summed E-state index contributed by atoms with van der Waals surface area (Å²) < 4.78 is 13.3. The smallest absolute Gasteiger partial charge is 0.170 e. The summed E-state index contributed by atoms with van der Waals surface area (Å²) in [6, 6.07) is 6.48. The molecule has 94 valence electrons. The predicted molar refractivity (Wildman–Crippen MR) is 72.9 cm³/mol. The van der Waals surface area contributed by atoms with E-state index < -0.39 is 0 Å². The van der Waals surface area contributed by atoms with Crippen LogP contribution >= 0.6 is 12.2 Å². The van der Waals surface area contributed by atoms with Crippen molar-refractivity contribution in [3.05, 3.63) is 30.1 Å². The van der Waals surface area contributed by atoms with Gasteiger partial charge in [-0.25, -0.2) is 4.39 Å². The molecule has 1 aromatic rings. The van der Waals surface area contributed by atoms with E-state index in [0.29, 0.717) is 10.8 Å². The third kappa shape index (κ3) is 5.60. The molecule has 0 radical (unpaired) electrons. The quantitative estimate of drug-likeness (QED) is 0.533. The Labute approximate surface area is 107 Å². The van der Waals surface area contributed by atoms with Gasteiger partial charge >= 0.3 is 0 Å². The average molecular weight is 256 g/mol. The number of hydrogen-bond acceptors (Lipinski definition) is 1. The van der Waals surface area contributed by atoms with Gasteiger partial charge < -0.3 is 15.5 Å². The number of anilines is 1. The summed E-state index contributed by atoms with van der Waals surface area (Å²) in [5, 5.41) is 6.35. The first-order chi connectivity index (χ1) is 8.09. The van der Waals surface area contributed by atoms with Crippen molar-refractivity contribution in [1.29, 1.82) is 0 Å². The van der Waals surface area contributed by atoms with Crippen LogP contribution in [0.4, 0.5) is 10.1 Å². The fourth-order valence-electron chi connectivity index (χ4n) is 1.37. The summed E-state index contributed by atoms with van der Waals surface area (Å²) in [6.45, 7) is 1.88. The fraction of sp³-hybridized carbons (Fsp3) is 0.417. The van der Waals surface area contributed by atoms with E-state index in [9.17, 15) is 4.39 Å². The van der Waals surface area contributed by atoms with Crippen LogP contribution in [0.15, 0.2) is 24.3 Å². The number of benzene rings is 1. The van der Waals surface area contributed by atoms with Crippen LogP contribution in [-0.2, 0) is 0 Å². The molecule has 1 rings (SSSR count). The molecule has 0 heterocycles. The van der Waals surface area contributed by atoms with Gasteiger partial charge in [0, 0.05) is 13.0 Å². The lowest BCUT2D eigenvalue weighted by Gasteiger charge is -2.11. The Kier molecular flexibility index (Phi) is 5.86. The lowest BCUT2D eigenvalue weighted by molar-refractivity contribution is -0.858. The van der Waals surface area contributed by atoms with Crippen molar-refractivity contribution in [1.82, 2.24) is 5.32 Å². The van der Waals surface area contributed by atoms with E-state index in [2.05, 4.69) is 24.7 Å². The van der Waals surface area contributed by atoms with E-state index in [-0.39, 0.29) is 5.82 Å². The third-order valence-electron chi connectivity index (χ3n) is 2.26. The van der Waals surface area contributed by atoms with Gasteiger partial charge in [0.25, 0.3) is 0 Å². The minimum absolute atomic E-state index is 0.297. The molecule has 0 aliphatic rings. The summed E-state index contributed by atoms with van der Waals surface area (Å²) in [6.07, 6.45) is 1.03. The molecule has 0 amide bonds. The normalized spacial score (nSPS) is 10.4. The molecule has 1 aromatic carbocycles. The maximum absolute atomic E-state index is 13.3. The minimum atomic E-state index is -0.297. The highest BCUT2D eigenvalue weighted by Crippen LogP contribution is 2.11. The first-order valence-electron chi connectivity index (χ1n) is 5.68. The summed E-state index contributed by atoms with van der Waals surface area (Å²) in [7, 11) is 4.21.